The Morgan fingerprint density at radius 1 is 1.32 bits per heavy atom. The molecule has 0 radical (unpaired) electrons. The molecule has 2 rings (SSSR count). The van der Waals surface area contributed by atoms with E-state index in [4.69, 9.17) is 4.74 Å². The SMILES string of the molecule is COCC(C)CC(=O)c1ccc2nc(C)ccc2c1. The van der Waals surface area contributed by atoms with Gasteiger partial charge in [0.25, 0.3) is 0 Å². The molecule has 0 spiro atoms. The van der Waals surface area contributed by atoms with Crippen molar-refractivity contribution in [2.75, 3.05) is 13.7 Å². The molecule has 0 aliphatic carbocycles. The van der Waals surface area contributed by atoms with Crippen molar-refractivity contribution in [3.05, 3.63) is 41.6 Å². The monoisotopic (exact) mass is 257 g/mol. The minimum absolute atomic E-state index is 0.159. The van der Waals surface area contributed by atoms with E-state index in [1.165, 1.54) is 0 Å². The Morgan fingerprint density at radius 2 is 2.11 bits per heavy atom. The lowest BCUT2D eigenvalue weighted by Gasteiger charge is -2.09. The highest BCUT2D eigenvalue weighted by Crippen LogP contribution is 2.17. The van der Waals surface area contributed by atoms with E-state index in [0.29, 0.717) is 13.0 Å². The fourth-order valence-electron chi connectivity index (χ4n) is 2.18. The van der Waals surface area contributed by atoms with E-state index >= 15 is 0 Å². The second-order valence-electron chi connectivity index (χ2n) is 5.05. The molecule has 19 heavy (non-hydrogen) atoms. The number of ketones is 1. The van der Waals surface area contributed by atoms with E-state index in [2.05, 4.69) is 4.98 Å². The number of Topliss-reactive ketones (excluding diaryl/α,β-unsaturated/α-hetero) is 1. The Balaban J connectivity index is 2.21. The molecule has 1 aromatic carbocycles. The van der Waals surface area contributed by atoms with Crippen LogP contribution in [-0.2, 0) is 4.74 Å². The Labute approximate surface area is 113 Å². The minimum Gasteiger partial charge on any atom is -0.384 e. The van der Waals surface area contributed by atoms with Gasteiger partial charge in [0.2, 0.25) is 0 Å². The van der Waals surface area contributed by atoms with E-state index in [1.54, 1.807) is 7.11 Å². The van der Waals surface area contributed by atoms with Crippen LogP contribution in [0.5, 0.6) is 0 Å². The van der Waals surface area contributed by atoms with Crippen molar-refractivity contribution in [1.82, 2.24) is 4.98 Å². The molecule has 0 saturated carbocycles. The van der Waals surface area contributed by atoms with Crippen LogP contribution in [0.15, 0.2) is 30.3 Å². The first-order valence-electron chi connectivity index (χ1n) is 6.49. The number of aryl methyl sites for hydroxylation is 1. The first-order valence-corrected chi connectivity index (χ1v) is 6.49. The Morgan fingerprint density at radius 3 is 2.84 bits per heavy atom. The normalized spacial score (nSPS) is 12.6. The van der Waals surface area contributed by atoms with Gasteiger partial charge in [0.1, 0.15) is 0 Å². The third-order valence-corrected chi connectivity index (χ3v) is 3.14. The Bertz CT molecular complexity index is 592. The molecule has 0 amide bonds. The summed E-state index contributed by atoms with van der Waals surface area (Å²) in [4.78, 5) is 16.6. The maximum Gasteiger partial charge on any atom is 0.163 e. The summed E-state index contributed by atoms with van der Waals surface area (Å²) in [6, 6.07) is 9.66. The highest BCUT2D eigenvalue weighted by atomic mass is 16.5. The minimum atomic E-state index is 0.159. The van der Waals surface area contributed by atoms with E-state index < -0.39 is 0 Å². The first-order chi connectivity index (χ1) is 9.10. The van der Waals surface area contributed by atoms with Crippen LogP contribution in [0.4, 0.5) is 0 Å². The Hall–Kier alpha value is -1.74. The topological polar surface area (TPSA) is 39.2 Å². The number of ether oxygens (including phenoxy) is 1. The third-order valence-electron chi connectivity index (χ3n) is 3.14. The summed E-state index contributed by atoms with van der Waals surface area (Å²) < 4.78 is 5.06. The van der Waals surface area contributed by atoms with Crippen LogP contribution < -0.4 is 0 Å². The van der Waals surface area contributed by atoms with Crippen LogP contribution in [0.1, 0.15) is 29.4 Å². The molecule has 1 heterocycles. The Kier molecular flexibility index (Phi) is 4.27. The lowest BCUT2D eigenvalue weighted by atomic mass is 9.99. The lowest BCUT2D eigenvalue weighted by molar-refractivity contribution is 0.0920. The van der Waals surface area contributed by atoms with Crippen LogP contribution >= 0.6 is 0 Å². The number of rotatable bonds is 5. The van der Waals surface area contributed by atoms with Crippen molar-refractivity contribution in [2.24, 2.45) is 5.92 Å². The summed E-state index contributed by atoms with van der Waals surface area (Å²) in [5.41, 5.74) is 2.67. The molecule has 2 aromatic rings. The quantitative estimate of drug-likeness (QED) is 0.771. The molecule has 3 heteroatoms. The zero-order valence-electron chi connectivity index (χ0n) is 11.6. The molecule has 0 saturated heterocycles. The van der Waals surface area contributed by atoms with Crippen molar-refractivity contribution >= 4 is 16.7 Å². The smallest absolute Gasteiger partial charge is 0.163 e. The maximum absolute atomic E-state index is 12.2. The highest BCUT2D eigenvalue weighted by Gasteiger charge is 2.11. The number of hydrogen-bond acceptors (Lipinski definition) is 3. The number of aromatic nitrogens is 1. The number of carbonyl (C=O) groups is 1. The van der Waals surface area contributed by atoms with Crippen LogP contribution in [0.25, 0.3) is 10.9 Å². The summed E-state index contributed by atoms with van der Waals surface area (Å²) in [5, 5.41) is 1.01. The predicted octanol–water partition coefficient (Wildman–Crippen LogP) is 3.40. The van der Waals surface area contributed by atoms with Gasteiger partial charge < -0.3 is 4.74 Å². The van der Waals surface area contributed by atoms with Crippen molar-refractivity contribution in [3.63, 3.8) is 0 Å². The van der Waals surface area contributed by atoms with Crippen molar-refractivity contribution in [2.45, 2.75) is 20.3 Å². The number of fused-ring (bicyclic) bond motifs is 1. The average molecular weight is 257 g/mol. The molecule has 3 nitrogen and oxygen atoms in total. The standard InChI is InChI=1S/C16H19NO2/c1-11(10-19-3)8-16(18)14-6-7-15-13(9-14)5-4-12(2)17-15/h4-7,9,11H,8,10H2,1-3H3. The van der Waals surface area contributed by atoms with E-state index in [9.17, 15) is 4.79 Å². The van der Waals surface area contributed by atoms with Crippen LogP contribution in [0, 0.1) is 12.8 Å². The second-order valence-corrected chi connectivity index (χ2v) is 5.05. The summed E-state index contributed by atoms with van der Waals surface area (Å²) in [6.07, 6.45) is 0.513. The average Bonchev–Trinajstić information content (AvgIpc) is 2.38. The molecule has 0 fully saturated rings. The fraction of sp³-hybridized carbons (Fsp3) is 0.375. The number of methoxy groups -OCH3 is 1. The molecule has 0 aliphatic rings. The number of pyridine rings is 1. The van der Waals surface area contributed by atoms with Gasteiger partial charge in [-0.1, -0.05) is 13.0 Å². The van der Waals surface area contributed by atoms with Crippen molar-refractivity contribution in [3.8, 4) is 0 Å². The van der Waals surface area contributed by atoms with Crippen LogP contribution in [0.2, 0.25) is 0 Å². The fourth-order valence-corrected chi connectivity index (χ4v) is 2.18. The van der Waals surface area contributed by atoms with Gasteiger partial charge in [-0.2, -0.15) is 0 Å². The van der Waals surface area contributed by atoms with Gasteiger partial charge in [0, 0.05) is 36.8 Å². The van der Waals surface area contributed by atoms with Gasteiger partial charge >= 0.3 is 0 Å². The molecule has 1 atom stereocenters. The number of benzene rings is 1. The highest BCUT2D eigenvalue weighted by molar-refractivity contribution is 5.99. The van der Waals surface area contributed by atoms with Gasteiger partial charge in [-0.05, 0) is 37.1 Å². The van der Waals surface area contributed by atoms with Crippen molar-refractivity contribution in [1.29, 1.82) is 0 Å². The van der Waals surface area contributed by atoms with Crippen LogP contribution in [-0.4, -0.2) is 24.5 Å². The van der Waals surface area contributed by atoms with Gasteiger partial charge in [0.15, 0.2) is 5.78 Å². The maximum atomic E-state index is 12.2. The molecule has 0 aliphatic heterocycles. The molecule has 0 bridgehead atoms. The predicted molar refractivity (Wildman–Crippen MR) is 76.5 cm³/mol. The van der Waals surface area contributed by atoms with Crippen LogP contribution in [0.3, 0.4) is 0 Å². The molecule has 1 unspecified atom stereocenters. The molecular formula is C16H19NO2. The van der Waals surface area contributed by atoms with Crippen molar-refractivity contribution < 1.29 is 9.53 Å². The largest absolute Gasteiger partial charge is 0.384 e. The second kappa shape index (κ2) is 5.93. The molecule has 0 N–H and O–H groups in total. The molecule has 1 aromatic heterocycles. The van der Waals surface area contributed by atoms with Gasteiger partial charge in [-0.3, -0.25) is 9.78 Å². The summed E-state index contributed by atoms with van der Waals surface area (Å²) in [6.45, 7) is 4.60. The van der Waals surface area contributed by atoms with E-state index in [0.717, 1.165) is 22.2 Å². The zero-order chi connectivity index (χ0) is 13.8. The summed E-state index contributed by atoms with van der Waals surface area (Å²) in [7, 11) is 1.66. The number of carbonyl (C=O) groups excluding carboxylic acids is 1. The molecular weight excluding hydrogens is 238 g/mol. The van der Waals surface area contributed by atoms with Gasteiger partial charge in [-0.15, -0.1) is 0 Å². The third kappa shape index (κ3) is 3.38. The summed E-state index contributed by atoms with van der Waals surface area (Å²) in [5.74, 6) is 0.399. The molecule has 100 valence electrons. The van der Waals surface area contributed by atoms with Gasteiger partial charge in [0.05, 0.1) is 5.52 Å². The number of nitrogens with zero attached hydrogens (tertiary/aromatic N) is 1. The van der Waals surface area contributed by atoms with E-state index in [1.807, 2.05) is 44.2 Å². The lowest BCUT2D eigenvalue weighted by Crippen LogP contribution is -2.10. The summed E-state index contributed by atoms with van der Waals surface area (Å²) >= 11 is 0. The first kappa shape index (κ1) is 13.7. The van der Waals surface area contributed by atoms with Gasteiger partial charge in [-0.25, -0.2) is 0 Å². The number of hydrogen-bond donors (Lipinski definition) is 0. The van der Waals surface area contributed by atoms with E-state index in [-0.39, 0.29) is 11.7 Å². The zero-order valence-corrected chi connectivity index (χ0v) is 11.6.